The van der Waals surface area contributed by atoms with Crippen LogP contribution < -0.4 is 9.47 Å². The summed E-state index contributed by atoms with van der Waals surface area (Å²) in [5.41, 5.74) is 0.798. The summed E-state index contributed by atoms with van der Waals surface area (Å²) >= 11 is 6.84. The SMILES string of the molecule is CC.CC(C)c1cc(Oc2c(Br)cc(OCP(C)(=O)O)cc2Br)ccc1O. The monoisotopic (exact) mass is 522 g/mol. The third-order valence-electron chi connectivity index (χ3n) is 3.28. The Hall–Kier alpha value is -1.01. The molecule has 8 heteroatoms. The van der Waals surface area contributed by atoms with E-state index >= 15 is 0 Å². The lowest BCUT2D eigenvalue weighted by molar-refractivity contribution is 0.351. The molecule has 0 aliphatic rings. The molecule has 0 amide bonds. The van der Waals surface area contributed by atoms with Gasteiger partial charge in [0.1, 0.15) is 17.2 Å². The van der Waals surface area contributed by atoms with Gasteiger partial charge in [-0.25, -0.2) is 0 Å². The van der Waals surface area contributed by atoms with Gasteiger partial charge in [0.25, 0.3) is 0 Å². The van der Waals surface area contributed by atoms with Crippen LogP contribution >= 0.6 is 39.2 Å². The standard InChI is InChI=1S/C17H19Br2O5P.C2H6/c1-10(2)13-6-11(4-5-16(13)20)24-17-14(18)7-12(8-15(17)19)23-9-25(3,21)22;1-2/h4-8,10,20H,9H2,1-3H3,(H,21,22);1-2H3. The lowest BCUT2D eigenvalue weighted by atomic mass is 10.0. The third kappa shape index (κ3) is 7.49. The van der Waals surface area contributed by atoms with Crippen molar-refractivity contribution in [1.29, 1.82) is 0 Å². The first-order valence-corrected chi connectivity index (χ1v) is 12.4. The Bertz CT molecular complexity index is 795. The quantitative estimate of drug-likeness (QED) is 0.395. The van der Waals surface area contributed by atoms with Crippen LogP contribution in [0.5, 0.6) is 23.0 Å². The smallest absolute Gasteiger partial charge is 0.233 e. The zero-order chi connectivity index (χ0) is 20.8. The molecule has 0 saturated heterocycles. The number of phenols is 1. The maximum atomic E-state index is 11.3. The fraction of sp³-hybridized carbons (Fsp3) is 0.368. The molecule has 2 rings (SSSR count). The summed E-state index contributed by atoms with van der Waals surface area (Å²) in [6, 6.07) is 8.41. The molecule has 2 aromatic rings. The van der Waals surface area contributed by atoms with Crippen molar-refractivity contribution in [1.82, 2.24) is 0 Å². The van der Waals surface area contributed by atoms with Crippen molar-refractivity contribution in [3.05, 3.63) is 44.8 Å². The second-order valence-electron chi connectivity index (χ2n) is 6.02. The van der Waals surface area contributed by atoms with Gasteiger partial charge in [0.05, 0.1) is 8.95 Å². The van der Waals surface area contributed by atoms with Crippen LogP contribution in [0.3, 0.4) is 0 Å². The van der Waals surface area contributed by atoms with Gasteiger partial charge in [-0.1, -0.05) is 27.7 Å². The van der Waals surface area contributed by atoms with Crippen molar-refractivity contribution < 1.29 is 24.0 Å². The maximum Gasteiger partial charge on any atom is 0.233 e. The Morgan fingerprint density at radius 3 is 2.11 bits per heavy atom. The van der Waals surface area contributed by atoms with E-state index < -0.39 is 7.37 Å². The molecule has 0 aliphatic heterocycles. The van der Waals surface area contributed by atoms with E-state index in [9.17, 15) is 14.6 Å². The lowest BCUT2D eigenvalue weighted by Gasteiger charge is -2.15. The van der Waals surface area contributed by atoms with Crippen molar-refractivity contribution in [2.24, 2.45) is 0 Å². The van der Waals surface area contributed by atoms with E-state index in [1.54, 1.807) is 30.3 Å². The van der Waals surface area contributed by atoms with Crippen LogP contribution in [0.15, 0.2) is 39.3 Å². The fourth-order valence-electron chi connectivity index (χ4n) is 2.09. The van der Waals surface area contributed by atoms with Gasteiger partial charge in [0.15, 0.2) is 12.1 Å². The van der Waals surface area contributed by atoms with Crippen molar-refractivity contribution >= 4 is 39.2 Å². The summed E-state index contributed by atoms with van der Waals surface area (Å²) in [7, 11) is -3.26. The molecule has 0 bridgehead atoms. The molecular formula is C19H25Br2O5P. The third-order valence-corrected chi connectivity index (χ3v) is 5.07. The zero-order valence-corrected chi connectivity index (χ0v) is 20.1. The Morgan fingerprint density at radius 2 is 1.63 bits per heavy atom. The highest BCUT2D eigenvalue weighted by Crippen LogP contribution is 2.42. The Kier molecular flexibility index (Phi) is 9.35. The molecule has 0 heterocycles. The van der Waals surface area contributed by atoms with E-state index in [4.69, 9.17) is 9.47 Å². The first kappa shape index (κ1) is 24.0. The van der Waals surface area contributed by atoms with Crippen LogP contribution in [0.25, 0.3) is 0 Å². The van der Waals surface area contributed by atoms with Gasteiger partial charge in [-0.05, 0) is 68.1 Å². The number of hydrogen-bond donors (Lipinski definition) is 2. The Labute approximate surface area is 177 Å². The summed E-state index contributed by atoms with van der Waals surface area (Å²) in [4.78, 5) is 9.32. The van der Waals surface area contributed by atoms with Crippen molar-refractivity contribution in [3.8, 4) is 23.0 Å². The molecule has 0 radical (unpaired) electrons. The van der Waals surface area contributed by atoms with Gasteiger partial charge in [0, 0.05) is 12.2 Å². The average molecular weight is 524 g/mol. The van der Waals surface area contributed by atoms with E-state index in [2.05, 4.69) is 31.9 Å². The molecule has 1 unspecified atom stereocenters. The van der Waals surface area contributed by atoms with Gasteiger partial charge >= 0.3 is 0 Å². The normalized spacial score (nSPS) is 12.8. The van der Waals surface area contributed by atoms with Crippen LogP contribution in [-0.2, 0) is 4.57 Å². The number of phenolic OH excluding ortho intramolecular Hbond substituents is 1. The van der Waals surface area contributed by atoms with Crippen molar-refractivity contribution in [2.45, 2.75) is 33.6 Å². The first-order chi connectivity index (χ1) is 12.6. The number of ether oxygens (including phenoxy) is 2. The maximum absolute atomic E-state index is 11.3. The molecular weight excluding hydrogens is 499 g/mol. The van der Waals surface area contributed by atoms with E-state index in [0.29, 0.717) is 26.2 Å². The molecule has 0 spiro atoms. The second-order valence-corrected chi connectivity index (χ2v) is 10.1. The number of rotatable bonds is 6. The fourth-order valence-corrected chi connectivity index (χ4v) is 3.78. The number of benzene rings is 2. The molecule has 27 heavy (non-hydrogen) atoms. The molecule has 2 aromatic carbocycles. The summed E-state index contributed by atoms with van der Waals surface area (Å²) in [6.45, 7) is 9.22. The average Bonchev–Trinajstić information content (AvgIpc) is 2.58. The van der Waals surface area contributed by atoms with Gasteiger partial charge in [0.2, 0.25) is 7.37 Å². The van der Waals surface area contributed by atoms with Gasteiger partial charge < -0.3 is 19.5 Å². The van der Waals surface area contributed by atoms with Crippen LogP contribution in [0.2, 0.25) is 0 Å². The number of halogens is 2. The summed E-state index contributed by atoms with van der Waals surface area (Å²) in [6.07, 6.45) is -0.262. The van der Waals surface area contributed by atoms with Crippen molar-refractivity contribution in [3.63, 3.8) is 0 Å². The van der Waals surface area contributed by atoms with Crippen LogP contribution in [0, 0.1) is 0 Å². The minimum atomic E-state index is -3.26. The molecule has 0 saturated carbocycles. The second kappa shape index (κ2) is 10.5. The Balaban J connectivity index is 0.00000176. The van der Waals surface area contributed by atoms with Gasteiger partial charge in [-0.15, -0.1) is 0 Å². The first-order valence-electron chi connectivity index (χ1n) is 8.48. The molecule has 2 N–H and O–H groups in total. The highest BCUT2D eigenvalue weighted by molar-refractivity contribution is 9.11. The summed E-state index contributed by atoms with van der Waals surface area (Å²) in [5, 5.41) is 9.91. The van der Waals surface area contributed by atoms with E-state index in [1.807, 2.05) is 27.7 Å². The lowest BCUT2D eigenvalue weighted by Crippen LogP contribution is -1.98. The minimum Gasteiger partial charge on any atom is -0.508 e. The van der Waals surface area contributed by atoms with E-state index in [0.717, 1.165) is 5.56 Å². The number of hydrogen-bond acceptors (Lipinski definition) is 4. The van der Waals surface area contributed by atoms with E-state index in [-0.39, 0.29) is 18.0 Å². The zero-order valence-electron chi connectivity index (χ0n) is 16.0. The number of aromatic hydroxyl groups is 1. The molecule has 0 aromatic heterocycles. The largest absolute Gasteiger partial charge is 0.508 e. The molecule has 0 aliphatic carbocycles. The van der Waals surface area contributed by atoms with E-state index in [1.165, 1.54) is 6.66 Å². The summed E-state index contributed by atoms with van der Waals surface area (Å²) in [5.74, 6) is 1.96. The highest BCUT2D eigenvalue weighted by Gasteiger charge is 2.15. The molecule has 150 valence electrons. The summed E-state index contributed by atoms with van der Waals surface area (Å²) < 4.78 is 23.9. The van der Waals surface area contributed by atoms with Gasteiger partial charge in [-0.2, -0.15) is 0 Å². The van der Waals surface area contributed by atoms with Crippen molar-refractivity contribution in [2.75, 3.05) is 13.0 Å². The molecule has 5 nitrogen and oxygen atoms in total. The molecule has 0 fully saturated rings. The predicted octanol–water partition coefficient (Wildman–Crippen LogP) is 7.10. The topological polar surface area (TPSA) is 76.0 Å². The van der Waals surface area contributed by atoms with Crippen LogP contribution in [0.1, 0.15) is 39.2 Å². The van der Waals surface area contributed by atoms with Gasteiger partial charge in [-0.3, -0.25) is 4.57 Å². The van der Waals surface area contributed by atoms with Crippen LogP contribution in [0.4, 0.5) is 0 Å². The molecule has 1 atom stereocenters. The predicted molar refractivity (Wildman–Crippen MR) is 117 cm³/mol. The van der Waals surface area contributed by atoms with Crippen LogP contribution in [-0.4, -0.2) is 23.0 Å². The highest BCUT2D eigenvalue weighted by atomic mass is 79.9. The minimum absolute atomic E-state index is 0.162. The Morgan fingerprint density at radius 1 is 1.07 bits per heavy atom.